The van der Waals surface area contributed by atoms with Gasteiger partial charge in [0.2, 0.25) is 0 Å². The van der Waals surface area contributed by atoms with Gasteiger partial charge in [0.25, 0.3) is 0 Å². The predicted octanol–water partition coefficient (Wildman–Crippen LogP) is 2.02. The van der Waals surface area contributed by atoms with Crippen LogP contribution in [0, 0.1) is 5.82 Å². The van der Waals surface area contributed by atoms with Crippen molar-refractivity contribution < 1.29 is 23.4 Å². The summed E-state index contributed by atoms with van der Waals surface area (Å²) >= 11 is 0. The van der Waals surface area contributed by atoms with E-state index in [0.717, 1.165) is 0 Å². The number of methoxy groups -OCH3 is 3. The fourth-order valence-corrected chi connectivity index (χ4v) is 2.69. The van der Waals surface area contributed by atoms with Crippen molar-refractivity contribution in [3.8, 4) is 0 Å². The molecule has 1 aromatic rings. The van der Waals surface area contributed by atoms with Crippen molar-refractivity contribution >= 4 is 5.97 Å². The Morgan fingerprint density at radius 2 is 1.84 bits per heavy atom. The van der Waals surface area contributed by atoms with Crippen LogP contribution in [0.3, 0.4) is 0 Å². The number of esters is 1. The van der Waals surface area contributed by atoms with Crippen molar-refractivity contribution in [2.24, 2.45) is 0 Å². The average molecular weight is 268 g/mol. The van der Waals surface area contributed by atoms with E-state index in [1.165, 1.54) is 33.5 Å². The highest BCUT2D eigenvalue weighted by Gasteiger charge is 2.62. The third kappa shape index (κ3) is 2.13. The van der Waals surface area contributed by atoms with Gasteiger partial charge >= 0.3 is 5.97 Å². The van der Waals surface area contributed by atoms with Crippen molar-refractivity contribution in [1.82, 2.24) is 0 Å². The zero-order valence-corrected chi connectivity index (χ0v) is 11.2. The summed E-state index contributed by atoms with van der Waals surface area (Å²) in [7, 11) is 4.37. The highest BCUT2D eigenvalue weighted by Crippen LogP contribution is 2.53. The molecule has 0 bridgehead atoms. The minimum absolute atomic E-state index is 0.309. The second kappa shape index (κ2) is 4.90. The van der Waals surface area contributed by atoms with Crippen LogP contribution >= 0.6 is 0 Å². The lowest BCUT2D eigenvalue weighted by Crippen LogP contribution is -2.60. The van der Waals surface area contributed by atoms with E-state index in [9.17, 15) is 9.18 Å². The van der Waals surface area contributed by atoms with Gasteiger partial charge in [-0.3, -0.25) is 4.79 Å². The number of rotatable bonds is 4. The van der Waals surface area contributed by atoms with E-state index >= 15 is 0 Å². The molecule has 1 aromatic carbocycles. The molecule has 1 fully saturated rings. The lowest BCUT2D eigenvalue weighted by atomic mass is 9.60. The van der Waals surface area contributed by atoms with Crippen molar-refractivity contribution in [1.29, 1.82) is 0 Å². The normalized spacial score (nSPS) is 19.6. The van der Waals surface area contributed by atoms with E-state index in [1.54, 1.807) is 12.1 Å². The second-order valence-corrected chi connectivity index (χ2v) is 4.76. The van der Waals surface area contributed by atoms with Crippen LogP contribution in [-0.4, -0.2) is 33.1 Å². The molecule has 0 amide bonds. The molecule has 2 rings (SSSR count). The lowest BCUT2D eigenvalue weighted by molar-refractivity contribution is -0.278. The topological polar surface area (TPSA) is 44.8 Å². The van der Waals surface area contributed by atoms with Gasteiger partial charge in [0.05, 0.1) is 7.11 Å². The van der Waals surface area contributed by atoms with Gasteiger partial charge in [0, 0.05) is 27.1 Å². The first-order valence-corrected chi connectivity index (χ1v) is 5.97. The fraction of sp³-hybridized carbons (Fsp3) is 0.500. The highest BCUT2D eigenvalue weighted by atomic mass is 19.1. The van der Waals surface area contributed by atoms with E-state index in [2.05, 4.69) is 0 Å². The van der Waals surface area contributed by atoms with Gasteiger partial charge in [-0.25, -0.2) is 4.39 Å². The minimum Gasteiger partial charge on any atom is -0.468 e. The quantitative estimate of drug-likeness (QED) is 0.619. The number of carbonyl (C=O) groups is 1. The molecule has 0 atom stereocenters. The molecule has 1 aliphatic rings. The Morgan fingerprint density at radius 3 is 2.32 bits per heavy atom. The summed E-state index contributed by atoms with van der Waals surface area (Å²) in [5.74, 6) is -1.59. The van der Waals surface area contributed by atoms with E-state index in [0.29, 0.717) is 18.4 Å². The first-order chi connectivity index (χ1) is 9.02. The molecule has 0 heterocycles. The van der Waals surface area contributed by atoms with Crippen LogP contribution in [-0.2, 0) is 24.4 Å². The van der Waals surface area contributed by atoms with Crippen LogP contribution in [0.2, 0.25) is 0 Å². The van der Waals surface area contributed by atoms with Gasteiger partial charge < -0.3 is 14.2 Å². The summed E-state index contributed by atoms with van der Waals surface area (Å²) < 4.78 is 28.8. The van der Waals surface area contributed by atoms with Crippen LogP contribution in [0.15, 0.2) is 24.3 Å². The maximum absolute atomic E-state index is 13.4. The average Bonchev–Trinajstić information content (AvgIpc) is 2.39. The Bertz CT molecular complexity index is 474. The number of hydrogen-bond acceptors (Lipinski definition) is 4. The SMILES string of the molecule is COC(=O)C1(c2cccc(F)c2)CC(OC)(OC)C1. The summed E-state index contributed by atoms with van der Waals surface area (Å²) in [5, 5.41) is 0. The van der Waals surface area contributed by atoms with Gasteiger partial charge in [0.1, 0.15) is 11.2 Å². The predicted molar refractivity (Wildman–Crippen MR) is 66.1 cm³/mol. The highest BCUT2D eigenvalue weighted by molar-refractivity contribution is 5.85. The Balaban J connectivity index is 2.37. The number of carbonyl (C=O) groups excluding carboxylic acids is 1. The molecule has 19 heavy (non-hydrogen) atoms. The molecule has 5 heteroatoms. The molecule has 0 spiro atoms. The molecule has 1 saturated carbocycles. The van der Waals surface area contributed by atoms with E-state index in [-0.39, 0.29) is 5.82 Å². The van der Waals surface area contributed by atoms with Crippen molar-refractivity contribution in [3.63, 3.8) is 0 Å². The maximum atomic E-state index is 13.4. The Hall–Kier alpha value is -1.46. The van der Waals surface area contributed by atoms with Crippen LogP contribution in [0.5, 0.6) is 0 Å². The first-order valence-electron chi connectivity index (χ1n) is 5.97. The van der Waals surface area contributed by atoms with Crippen LogP contribution in [0.4, 0.5) is 4.39 Å². The molecular weight excluding hydrogens is 251 g/mol. The largest absolute Gasteiger partial charge is 0.468 e. The zero-order chi connectivity index (χ0) is 14.1. The molecule has 0 unspecified atom stereocenters. The van der Waals surface area contributed by atoms with E-state index in [1.807, 2.05) is 0 Å². The smallest absolute Gasteiger partial charge is 0.316 e. The molecule has 0 aromatic heterocycles. The maximum Gasteiger partial charge on any atom is 0.316 e. The summed E-state index contributed by atoms with van der Waals surface area (Å²) in [4.78, 5) is 12.1. The van der Waals surface area contributed by atoms with Gasteiger partial charge in [0.15, 0.2) is 5.79 Å². The van der Waals surface area contributed by atoms with Crippen molar-refractivity contribution in [2.45, 2.75) is 24.0 Å². The standard InChI is InChI=1S/C14H17FO4/c1-17-12(16)13(8-14(9-13,18-2)19-3)10-5-4-6-11(15)7-10/h4-7H,8-9H2,1-3H3. The summed E-state index contributed by atoms with van der Waals surface area (Å²) in [6, 6.07) is 5.99. The number of halogens is 1. The number of benzene rings is 1. The Labute approximate surface area is 111 Å². The van der Waals surface area contributed by atoms with Crippen LogP contribution < -0.4 is 0 Å². The molecule has 104 valence electrons. The molecule has 4 nitrogen and oxygen atoms in total. The van der Waals surface area contributed by atoms with Gasteiger partial charge in [-0.15, -0.1) is 0 Å². The first kappa shape index (κ1) is 14.0. The second-order valence-electron chi connectivity index (χ2n) is 4.76. The zero-order valence-electron chi connectivity index (χ0n) is 11.2. The lowest BCUT2D eigenvalue weighted by Gasteiger charge is -2.52. The number of ether oxygens (including phenoxy) is 3. The number of hydrogen-bond donors (Lipinski definition) is 0. The molecule has 0 N–H and O–H groups in total. The third-order valence-electron chi connectivity index (χ3n) is 3.84. The molecule has 1 aliphatic carbocycles. The van der Waals surface area contributed by atoms with Crippen LogP contribution in [0.1, 0.15) is 18.4 Å². The van der Waals surface area contributed by atoms with Crippen molar-refractivity contribution in [2.75, 3.05) is 21.3 Å². The monoisotopic (exact) mass is 268 g/mol. The van der Waals surface area contributed by atoms with Gasteiger partial charge in [-0.1, -0.05) is 12.1 Å². The molecule has 0 radical (unpaired) electrons. The molecule has 0 saturated heterocycles. The fourth-order valence-electron chi connectivity index (χ4n) is 2.69. The molecule has 0 aliphatic heterocycles. The summed E-state index contributed by atoms with van der Waals surface area (Å²) in [6.07, 6.45) is 0.617. The van der Waals surface area contributed by atoms with Crippen molar-refractivity contribution in [3.05, 3.63) is 35.6 Å². The molecular formula is C14H17FO4. The minimum atomic E-state index is -0.900. The van der Waals surface area contributed by atoms with Crippen LogP contribution in [0.25, 0.3) is 0 Å². The summed E-state index contributed by atoms with van der Waals surface area (Å²) in [6.45, 7) is 0. The Morgan fingerprint density at radius 1 is 1.21 bits per heavy atom. The third-order valence-corrected chi connectivity index (χ3v) is 3.84. The van der Waals surface area contributed by atoms with E-state index in [4.69, 9.17) is 14.2 Å². The van der Waals surface area contributed by atoms with E-state index < -0.39 is 17.2 Å². The Kier molecular flexibility index (Phi) is 3.60. The van der Waals surface area contributed by atoms with Gasteiger partial charge in [-0.05, 0) is 17.7 Å². The summed E-state index contributed by atoms with van der Waals surface area (Å²) in [5.41, 5.74) is -0.313. The van der Waals surface area contributed by atoms with Gasteiger partial charge in [-0.2, -0.15) is 0 Å².